The number of hydrogen-bond acceptors (Lipinski definition) is 3. The summed E-state index contributed by atoms with van der Waals surface area (Å²) in [5.74, 6) is 1.38. The summed E-state index contributed by atoms with van der Waals surface area (Å²) in [6.07, 6.45) is 1.68. The molecule has 0 unspecified atom stereocenters. The second kappa shape index (κ2) is 4.87. The van der Waals surface area contributed by atoms with Crippen molar-refractivity contribution in [1.82, 2.24) is 4.98 Å². The van der Waals surface area contributed by atoms with E-state index in [0.29, 0.717) is 12.4 Å². The molecule has 17 heavy (non-hydrogen) atoms. The second-order valence-corrected chi connectivity index (χ2v) is 4.08. The van der Waals surface area contributed by atoms with Crippen LogP contribution < -0.4 is 10.5 Å². The van der Waals surface area contributed by atoms with Gasteiger partial charge in [0.15, 0.2) is 0 Å². The van der Waals surface area contributed by atoms with Gasteiger partial charge in [-0.1, -0.05) is 12.1 Å². The number of ether oxygens (including phenoxy) is 1. The van der Waals surface area contributed by atoms with Gasteiger partial charge in [-0.15, -0.1) is 0 Å². The van der Waals surface area contributed by atoms with Gasteiger partial charge in [0.05, 0.1) is 0 Å². The molecule has 0 aliphatic heterocycles. The van der Waals surface area contributed by atoms with Gasteiger partial charge >= 0.3 is 0 Å². The SMILES string of the molecule is Cc1ccc(OCc2cccnc2N)cc1C. The number of nitrogens with zero attached hydrogens (tertiary/aromatic N) is 1. The van der Waals surface area contributed by atoms with Crippen LogP contribution in [-0.4, -0.2) is 4.98 Å². The quantitative estimate of drug-likeness (QED) is 0.878. The molecule has 0 amide bonds. The van der Waals surface area contributed by atoms with E-state index in [0.717, 1.165) is 11.3 Å². The third-order valence-electron chi connectivity index (χ3n) is 2.80. The number of hydrogen-bond donors (Lipinski definition) is 1. The molecular formula is C14H16N2O. The zero-order valence-corrected chi connectivity index (χ0v) is 10.1. The summed E-state index contributed by atoms with van der Waals surface area (Å²) < 4.78 is 5.69. The van der Waals surface area contributed by atoms with Crippen LogP contribution in [0.25, 0.3) is 0 Å². The lowest BCUT2D eigenvalue weighted by atomic mass is 10.1. The number of pyridine rings is 1. The first kappa shape index (κ1) is 11.5. The Balaban J connectivity index is 2.08. The monoisotopic (exact) mass is 228 g/mol. The molecule has 3 nitrogen and oxygen atoms in total. The van der Waals surface area contributed by atoms with Crippen molar-refractivity contribution in [3.8, 4) is 5.75 Å². The highest BCUT2D eigenvalue weighted by Crippen LogP contribution is 2.18. The predicted molar refractivity (Wildman–Crippen MR) is 68.9 cm³/mol. The van der Waals surface area contributed by atoms with Gasteiger partial charge < -0.3 is 10.5 Å². The average Bonchev–Trinajstić information content (AvgIpc) is 2.32. The number of nitrogen functional groups attached to an aromatic ring is 1. The van der Waals surface area contributed by atoms with E-state index < -0.39 is 0 Å². The summed E-state index contributed by atoms with van der Waals surface area (Å²) in [6.45, 7) is 4.60. The smallest absolute Gasteiger partial charge is 0.129 e. The van der Waals surface area contributed by atoms with Crippen LogP contribution in [0.1, 0.15) is 16.7 Å². The van der Waals surface area contributed by atoms with Gasteiger partial charge in [-0.05, 0) is 43.2 Å². The number of aromatic nitrogens is 1. The van der Waals surface area contributed by atoms with Crippen LogP contribution in [0.15, 0.2) is 36.5 Å². The third-order valence-corrected chi connectivity index (χ3v) is 2.80. The molecule has 88 valence electrons. The zero-order valence-electron chi connectivity index (χ0n) is 10.1. The molecule has 0 bridgehead atoms. The van der Waals surface area contributed by atoms with E-state index in [1.807, 2.05) is 24.3 Å². The van der Waals surface area contributed by atoms with Crippen molar-refractivity contribution in [2.45, 2.75) is 20.5 Å². The molecule has 2 rings (SSSR count). The van der Waals surface area contributed by atoms with Crippen molar-refractivity contribution in [2.75, 3.05) is 5.73 Å². The maximum atomic E-state index is 5.75. The van der Waals surface area contributed by atoms with Crippen LogP contribution >= 0.6 is 0 Å². The molecule has 1 heterocycles. The van der Waals surface area contributed by atoms with Crippen molar-refractivity contribution < 1.29 is 4.74 Å². The average molecular weight is 228 g/mol. The standard InChI is InChI=1S/C14H16N2O/c1-10-5-6-13(8-11(10)2)17-9-12-4-3-7-16-14(12)15/h3-8H,9H2,1-2H3,(H2,15,16). The number of aryl methyl sites for hydroxylation is 2. The fourth-order valence-corrected chi connectivity index (χ4v) is 1.54. The third kappa shape index (κ3) is 2.75. The van der Waals surface area contributed by atoms with Crippen LogP contribution in [0.3, 0.4) is 0 Å². The minimum Gasteiger partial charge on any atom is -0.489 e. The molecule has 1 aromatic carbocycles. The molecule has 2 N–H and O–H groups in total. The van der Waals surface area contributed by atoms with Crippen molar-refractivity contribution in [2.24, 2.45) is 0 Å². The van der Waals surface area contributed by atoms with Crippen molar-refractivity contribution in [1.29, 1.82) is 0 Å². The molecular weight excluding hydrogens is 212 g/mol. The minimum atomic E-state index is 0.447. The van der Waals surface area contributed by atoms with Gasteiger partial charge in [-0.25, -0.2) is 4.98 Å². The van der Waals surface area contributed by atoms with Crippen LogP contribution in [0.5, 0.6) is 5.75 Å². The molecule has 3 heteroatoms. The molecule has 0 aliphatic carbocycles. The molecule has 0 radical (unpaired) electrons. The van der Waals surface area contributed by atoms with Gasteiger partial charge in [0.1, 0.15) is 18.2 Å². The maximum absolute atomic E-state index is 5.75. The second-order valence-electron chi connectivity index (χ2n) is 4.08. The summed E-state index contributed by atoms with van der Waals surface area (Å²) in [5, 5.41) is 0. The number of benzene rings is 1. The summed E-state index contributed by atoms with van der Waals surface area (Å²) in [5.41, 5.74) is 9.14. The molecule has 0 saturated carbocycles. The predicted octanol–water partition coefficient (Wildman–Crippen LogP) is 2.86. The Morgan fingerprint density at radius 3 is 2.71 bits per heavy atom. The van der Waals surface area contributed by atoms with E-state index in [2.05, 4.69) is 24.9 Å². The highest BCUT2D eigenvalue weighted by atomic mass is 16.5. The minimum absolute atomic E-state index is 0.447. The lowest BCUT2D eigenvalue weighted by Crippen LogP contribution is -2.01. The largest absolute Gasteiger partial charge is 0.489 e. The van der Waals surface area contributed by atoms with E-state index in [1.54, 1.807) is 6.20 Å². The van der Waals surface area contributed by atoms with Crippen LogP contribution in [0.2, 0.25) is 0 Å². The van der Waals surface area contributed by atoms with Gasteiger partial charge in [0, 0.05) is 11.8 Å². The summed E-state index contributed by atoms with van der Waals surface area (Å²) >= 11 is 0. The molecule has 0 saturated heterocycles. The summed E-state index contributed by atoms with van der Waals surface area (Å²) in [6, 6.07) is 9.83. The Kier molecular flexibility index (Phi) is 3.28. The number of nitrogens with two attached hydrogens (primary N) is 1. The first-order valence-electron chi connectivity index (χ1n) is 5.56. The fraction of sp³-hybridized carbons (Fsp3) is 0.214. The van der Waals surface area contributed by atoms with Crippen LogP contribution in [0, 0.1) is 13.8 Å². The number of rotatable bonds is 3. The van der Waals surface area contributed by atoms with Crippen LogP contribution in [0.4, 0.5) is 5.82 Å². The molecule has 0 fully saturated rings. The van der Waals surface area contributed by atoms with E-state index in [1.165, 1.54) is 11.1 Å². The van der Waals surface area contributed by atoms with Gasteiger partial charge in [-0.3, -0.25) is 0 Å². The first-order valence-corrected chi connectivity index (χ1v) is 5.56. The van der Waals surface area contributed by atoms with Gasteiger partial charge in [0.25, 0.3) is 0 Å². The lowest BCUT2D eigenvalue weighted by Gasteiger charge is -2.09. The fourth-order valence-electron chi connectivity index (χ4n) is 1.54. The summed E-state index contributed by atoms with van der Waals surface area (Å²) in [7, 11) is 0. The molecule has 0 atom stereocenters. The molecule has 1 aromatic heterocycles. The van der Waals surface area contributed by atoms with Gasteiger partial charge in [-0.2, -0.15) is 0 Å². The van der Waals surface area contributed by atoms with E-state index in [-0.39, 0.29) is 0 Å². The zero-order chi connectivity index (χ0) is 12.3. The van der Waals surface area contributed by atoms with E-state index in [9.17, 15) is 0 Å². The maximum Gasteiger partial charge on any atom is 0.129 e. The Morgan fingerprint density at radius 2 is 2.00 bits per heavy atom. The lowest BCUT2D eigenvalue weighted by molar-refractivity contribution is 0.306. The van der Waals surface area contributed by atoms with E-state index in [4.69, 9.17) is 10.5 Å². The summed E-state index contributed by atoms with van der Waals surface area (Å²) in [4.78, 5) is 4.02. The topological polar surface area (TPSA) is 48.1 Å². The Hall–Kier alpha value is -2.03. The Labute approximate surface area is 101 Å². The van der Waals surface area contributed by atoms with Crippen LogP contribution in [-0.2, 0) is 6.61 Å². The van der Waals surface area contributed by atoms with Crippen molar-refractivity contribution >= 4 is 5.82 Å². The highest BCUT2D eigenvalue weighted by Gasteiger charge is 2.01. The van der Waals surface area contributed by atoms with E-state index >= 15 is 0 Å². The normalized spacial score (nSPS) is 10.2. The van der Waals surface area contributed by atoms with Gasteiger partial charge in [0.2, 0.25) is 0 Å². The Morgan fingerprint density at radius 1 is 1.18 bits per heavy atom. The molecule has 2 aromatic rings. The Bertz CT molecular complexity index is 523. The highest BCUT2D eigenvalue weighted by molar-refractivity contribution is 5.39. The molecule has 0 spiro atoms. The van der Waals surface area contributed by atoms with Crippen molar-refractivity contribution in [3.63, 3.8) is 0 Å². The molecule has 0 aliphatic rings. The van der Waals surface area contributed by atoms with Crippen molar-refractivity contribution in [3.05, 3.63) is 53.2 Å². The first-order chi connectivity index (χ1) is 8.16. The number of anilines is 1.